The predicted octanol–water partition coefficient (Wildman–Crippen LogP) is 4.72. The number of amides is 1. The van der Waals surface area contributed by atoms with Crippen LogP contribution in [0.1, 0.15) is 49.1 Å². The van der Waals surface area contributed by atoms with Crippen molar-refractivity contribution in [2.24, 2.45) is 0 Å². The van der Waals surface area contributed by atoms with E-state index < -0.39 is 17.7 Å². The van der Waals surface area contributed by atoms with Gasteiger partial charge in [-0.3, -0.25) is 14.6 Å². The standard InChI is InChI=1S/C28H28N2O5/c1-28(2,3)21-14-19(10-11-22(21)35-4)25(32)23-24(18-8-5-9-20(31)13-18)30(27(34)26(23)33)16-17-7-6-12-29-15-17/h5-15,24,31-32H,16H2,1-4H3/b25-23-. The third kappa shape index (κ3) is 4.62. The number of Topliss-reactive ketones (excluding diaryl/α,β-unsaturated/α-hetero) is 1. The smallest absolute Gasteiger partial charge is 0.295 e. The van der Waals surface area contributed by atoms with E-state index in [1.54, 1.807) is 55.9 Å². The van der Waals surface area contributed by atoms with E-state index in [4.69, 9.17) is 4.74 Å². The number of hydrogen-bond donors (Lipinski definition) is 2. The summed E-state index contributed by atoms with van der Waals surface area (Å²) in [6.07, 6.45) is 3.25. The monoisotopic (exact) mass is 472 g/mol. The molecule has 1 aromatic heterocycles. The highest BCUT2D eigenvalue weighted by Crippen LogP contribution is 2.42. The van der Waals surface area contributed by atoms with Crippen LogP contribution in [-0.2, 0) is 21.5 Å². The van der Waals surface area contributed by atoms with Gasteiger partial charge in [0, 0.05) is 30.1 Å². The molecule has 2 heterocycles. The summed E-state index contributed by atoms with van der Waals surface area (Å²) in [5.41, 5.74) is 2.18. The molecule has 3 aromatic rings. The fourth-order valence-corrected chi connectivity index (χ4v) is 4.37. The average molecular weight is 473 g/mol. The van der Waals surface area contributed by atoms with E-state index in [-0.39, 0.29) is 29.0 Å². The molecular formula is C28H28N2O5. The first-order valence-electron chi connectivity index (χ1n) is 11.3. The molecule has 1 aliphatic rings. The Labute approximate surface area is 204 Å². The lowest BCUT2D eigenvalue weighted by atomic mass is 9.84. The number of carbonyl (C=O) groups excluding carboxylic acids is 2. The molecule has 0 saturated carbocycles. The zero-order chi connectivity index (χ0) is 25.3. The van der Waals surface area contributed by atoms with Gasteiger partial charge in [-0.05, 0) is 52.9 Å². The van der Waals surface area contributed by atoms with E-state index in [9.17, 15) is 19.8 Å². The van der Waals surface area contributed by atoms with E-state index in [2.05, 4.69) is 4.98 Å². The third-order valence-corrected chi connectivity index (χ3v) is 6.08. The molecule has 0 aliphatic carbocycles. The number of hydrogen-bond acceptors (Lipinski definition) is 6. The first-order chi connectivity index (χ1) is 16.6. The van der Waals surface area contributed by atoms with Crippen molar-refractivity contribution in [1.82, 2.24) is 9.88 Å². The van der Waals surface area contributed by atoms with Crippen molar-refractivity contribution in [3.8, 4) is 11.5 Å². The fraction of sp³-hybridized carbons (Fsp3) is 0.250. The number of ether oxygens (including phenoxy) is 1. The second-order valence-corrected chi connectivity index (χ2v) is 9.55. The van der Waals surface area contributed by atoms with Crippen molar-refractivity contribution in [1.29, 1.82) is 0 Å². The van der Waals surface area contributed by atoms with Crippen molar-refractivity contribution >= 4 is 17.4 Å². The average Bonchev–Trinajstić information content (AvgIpc) is 3.08. The van der Waals surface area contributed by atoms with Gasteiger partial charge in [-0.2, -0.15) is 0 Å². The largest absolute Gasteiger partial charge is 0.508 e. The predicted molar refractivity (Wildman–Crippen MR) is 132 cm³/mol. The molecule has 1 saturated heterocycles. The van der Waals surface area contributed by atoms with Crippen molar-refractivity contribution in [2.45, 2.75) is 38.8 Å². The highest BCUT2D eigenvalue weighted by Gasteiger charge is 2.46. The quantitative estimate of drug-likeness (QED) is 0.317. The number of carbonyl (C=O) groups is 2. The van der Waals surface area contributed by atoms with Crippen LogP contribution in [0.4, 0.5) is 0 Å². The van der Waals surface area contributed by atoms with Crippen molar-refractivity contribution in [2.75, 3.05) is 7.11 Å². The molecule has 35 heavy (non-hydrogen) atoms. The number of phenols is 1. The Bertz CT molecular complexity index is 1310. The van der Waals surface area contributed by atoms with E-state index in [1.165, 1.54) is 17.0 Å². The minimum absolute atomic E-state index is 0.00562. The van der Waals surface area contributed by atoms with Crippen LogP contribution < -0.4 is 4.74 Å². The number of phenolic OH excluding ortho intramolecular Hbond substituents is 1. The Balaban J connectivity index is 1.90. The molecule has 0 spiro atoms. The molecule has 1 fully saturated rings. The Morgan fingerprint density at radius 1 is 1.09 bits per heavy atom. The molecule has 0 radical (unpaired) electrons. The Kier molecular flexibility index (Phi) is 6.35. The lowest BCUT2D eigenvalue weighted by Gasteiger charge is -2.26. The molecule has 1 atom stereocenters. The molecule has 7 heteroatoms. The lowest BCUT2D eigenvalue weighted by Crippen LogP contribution is -2.29. The number of aliphatic hydroxyl groups is 1. The summed E-state index contributed by atoms with van der Waals surface area (Å²) in [5.74, 6) is -1.13. The fourth-order valence-electron chi connectivity index (χ4n) is 4.37. The zero-order valence-electron chi connectivity index (χ0n) is 20.1. The van der Waals surface area contributed by atoms with Crippen molar-refractivity contribution in [3.63, 3.8) is 0 Å². The van der Waals surface area contributed by atoms with E-state index in [1.807, 2.05) is 26.8 Å². The molecule has 1 unspecified atom stereocenters. The zero-order valence-corrected chi connectivity index (χ0v) is 20.1. The second-order valence-electron chi connectivity index (χ2n) is 9.55. The van der Waals surface area contributed by atoms with E-state index >= 15 is 0 Å². The van der Waals surface area contributed by atoms with Gasteiger partial charge in [0.15, 0.2) is 0 Å². The highest BCUT2D eigenvalue weighted by atomic mass is 16.5. The number of likely N-dealkylation sites (tertiary alicyclic amines) is 1. The summed E-state index contributed by atoms with van der Waals surface area (Å²) in [6.45, 7) is 6.18. The van der Waals surface area contributed by atoms with Gasteiger partial charge in [0.05, 0.1) is 18.7 Å². The Morgan fingerprint density at radius 3 is 2.49 bits per heavy atom. The molecule has 1 aliphatic heterocycles. The van der Waals surface area contributed by atoms with Gasteiger partial charge in [-0.1, -0.05) is 39.0 Å². The van der Waals surface area contributed by atoms with Crippen LogP contribution >= 0.6 is 0 Å². The maximum absolute atomic E-state index is 13.3. The van der Waals surface area contributed by atoms with Gasteiger partial charge in [0.25, 0.3) is 11.7 Å². The van der Waals surface area contributed by atoms with E-state index in [0.29, 0.717) is 16.9 Å². The maximum atomic E-state index is 13.3. The van der Waals surface area contributed by atoms with Crippen LogP contribution in [0.2, 0.25) is 0 Å². The summed E-state index contributed by atoms with van der Waals surface area (Å²) in [5, 5.41) is 21.5. The van der Waals surface area contributed by atoms with Crippen molar-refractivity contribution in [3.05, 3.63) is 94.8 Å². The maximum Gasteiger partial charge on any atom is 0.295 e. The first-order valence-corrected chi connectivity index (χ1v) is 11.3. The topological polar surface area (TPSA) is 100.0 Å². The minimum Gasteiger partial charge on any atom is -0.508 e. The number of benzene rings is 2. The Morgan fingerprint density at radius 2 is 1.86 bits per heavy atom. The van der Waals surface area contributed by atoms with Gasteiger partial charge < -0.3 is 19.8 Å². The molecule has 2 aromatic carbocycles. The number of rotatable bonds is 5. The number of aromatic nitrogens is 1. The lowest BCUT2D eigenvalue weighted by molar-refractivity contribution is -0.140. The van der Waals surface area contributed by atoms with Gasteiger partial charge >= 0.3 is 0 Å². The van der Waals surface area contributed by atoms with Gasteiger partial charge in [-0.15, -0.1) is 0 Å². The SMILES string of the molecule is COc1ccc(/C(O)=C2/C(=O)C(=O)N(Cc3cccnc3)C2c2cccc(O)c2)cc1C(C)(C)C. The number of aliphatic hydroxyl groups excluding tert-OH is 1. The van der Waals surface area contributed by atoms with Gasteiger partial charge in [0.1, 0.15) is 17.3 Å². The van der Waals surface area contributed by atoms with Crippen LogP contribution in [0.25, 0.3) is 5.76 Å². The Hall–Kier alpha value is -4.13. The molecule has 1 amide bonds. The normalized spacial score (nSPS) is 17.6. The summed E-state index contributed by atoms with van der Waals surface area (Å²) in [6, 6.07) is 14.2. The van der Waals surface area contributed by atoms with Crippen LogP contribution in [0.15, 0.2) is 72.6 Å². The number of ketones is 1. The van der Waals surface area contributed by atoms with Gasteiger partial charge in [-0.25, -0.2) is 0 Å². The molecular weight excluding hydrogens is 444 g/mol. The number of aromatic hydroxyl groups is 1. The summed E-state index contributed by atoms with van der Waals surface area (Å²) in [7, 11) is 1.58. The second kappa shape index (κ2) is 9.25. The first kappa shape index (κ1) is 24.0. The minimum atomic E-state index is -0.887. The highest BCUT2D eigenvalue weighted by molar-refractivity contribution is 6.46. The van der Waals surface area contributed by atoms with Crippen LogP contribution in [-0.4, -0.2) is 38.9 Å². The molecule has 7 nitrogen and oxygen atoms in total. The van der Waals surface area contributed by atoms with Crippen LogP contribution in [0.5, 0.6) is 11.5 Å². The number of methoxy groups -OCH3 is 1. The molecule has 0 bridgehead atoms. The summed E-state index contributed by atoms with van der Waals surface area (Å²) in [4.78, 5) is 32.0. The van der Waals surface area contributed by atoms with Crippen molar-refractivity contribution < 1.29 is 24.5 Å². The van der Waals surface area contributed by atoms with Crippen LogP contribution in [0, 0.1) is 0 Å². The molecule has 180 valence electrons. The third-order valence-electron chi connectivity index (χ3n) is 6.08. The molecule has 2 N–H and O–H groups in total. The summed E-state index contributed by atoms with van der Waals surface area (Å²) < 4.78 is 5.50. The van der Waals surface area contributed by atoms with Crippen LogP contribution in [0.3, 0.4) is 0 Å². The number of nitrogens with zero attached hydrogens (tertiary/aromatic N) is 2. The summed E-state index contributed by atoms with van der Waals surface area (Å²) >= 11 is 0. The van der Waals surface area contributed by atoms with Gasteiger partial charge in [0.2, 0.25) is 0 Å². The molecule has 4 rings (SSSR count). The number of pyridine rings is 1. The van der Waals surface area contributed by atoms with E-state index in [0.717, 1.165) is 11.1 Å².